The van der Waals surface area contributed by atoms with Gasteiger partial charge in [0, 0.05) is 19.3 Å². The third-order valence-corrected chi connectivity index (χ3v) is 13.4. The SMILES string of the molecule is C[C@@H](OC(C)(C)C)[C@H](NC(=O)CNC(=O)[C@H](Cc1nn[nH]n1)NC(=O)C(C)(C)NC(=O)[C@H](Cc1ccc(OC(C)(C)C)cc1)NC(=O)OC(C)(C)C)C(=O)N[C@@](C)(Cc1ccccc1F)C(=O)N[C@H](C(=O)N[C@@H](COC(C)(C)C)C(=O)NC(C=O)CC(=O)O)[C@@H](C)OC(C)(C)C. The van der Waals surface area contributed by atoms with Crippen LogP contribution in [0.3, 0.4) is 0 Å². The number of aromatic amines is 1. The van der Waals surface area contributed by atoms with Crippen molar-refractivity contribution in [3.63, 3.8) is 0 Å². The first-order valence-corrected chi connectivity index (χ1v) is 31.3. The Labute approximate surface area is 560 Å². The van der Waals surface area contributed by atoms with Gasteiger partial charge in [0.15, 0.2) is 5.82 Å². The third kappa shape index (κ3) is 29.5. The maximum Gasteiger partial charge on any atom is 0.408 e. The molecular weight excluding hydrogens is 1250 g/mol. The number of amides is 9. The number of aldehydes is 1. The molecule has 0 aliphatic carbocycles. The molecule has 0 aliphatic heterocycles. The lowest BCUT2D eigenvalue weighted by molar-refractivity contribution is -0.145. The number of aromatic nitrogens is 4. The predicted molar refractivity (Wildman–Crippen MR) is 348 cm³/mol. The fraction of sp³-hybridized carbons (Fsp3) is 0.631. The summed E-state index contributed by atoms with van der Waals surface area (Å²) in [6, 6.07) is 2.78. The molecule has 0 bridgehead atoms. The van der Waals surface area contributed by atoms with Crippen molar-refractivity contribution in [2.24, 2.45) is 0 Å². The standard InChI is InChI=1S/C65H100FN13O17/c1-36(93-60(6,7)8)49(54(87)69-45(35-92-59(3,4)5)52(85)68-40(34-80)30-48(82)83)73-57(90)65(20,32-39-23-21-22-24-42(39)66)75-55(88)50(37(2)94-61(9,10)11)72-47(81)33-67-51(84)44(31-46-76-78-79-77-46)70-56(89)64(18,19)74-53(86)43(71-58(91)96-63(15,16)17)29-38-25-27-41(28-26-38)95-62(12,13)14/h21-28,34,36-37,40,43-45,49-50H,29-33,35H2,1-20H3,(H,67,84)(H,68,85)(H,69,87)(H,70,89)(H,71,91)(H,72,81)(H,73,90)(H,74,86)(H,75,88)(H,82,83)(H,76,77,78,79)/t36-,37-,40?,43+,44+,45+,49+,50+,65+/m1/s1. The van der Waals surface area contributed by atoms with E-state index >= 15 is 9.18 Å². The number of halogens is 1. The van der Waals surface area contributed by atoms with E-state index in [0.717, 1.165) is 6.07 Å². The van der Waals surface area contributed by atoms with Crippen molar-refractivity contribution in [1.82, 2.24) is 68.5 Å². The van der Waals surface area contributed by atoms with E-state index in [-0.39, 0.29) is 24.1 Å². The molecule has 96 heavy (non-hydrogen) atoms. The van der Waals surface area contributed by atoms with Gasteiger partial charge in [-0.3, -0.25) is 43.2 Å². The number of nitrogens with zero attached hydrogens (tertiary/aromatic N) is 3. The molecule has 11 N–H and O–H groups in total. The molecule has 3 aromatic rings. The Morgan fingerprint density at radius 1 is 0.594 bits per heavy atom. The summed E-state index contributed by atoms with van der Waals surface area (Å²) in [5.41, 5.74) is -7.82. The van der Waals surface area contributed by atoms with Crippen LogP contribution in [0.5, 0.6) is 5.75 Å². The van der Waals surface area contributed by atoms with Crippen molar-refractivity contribution in [1.29, 1.82) is 0 Å². The largest absolute Gasteiger partial charge is 0.488 e. The van der Waals surface area contributed by atoms with Gasteiger partial charge in [-0.05, 0) is 168 Å². The van der Waals surface area contributed by atoms with E-state index in [2.05, 4.69) is 68.5 Å². The number of tetrazole rings is 1. The van der Waals surface area contributed by atoms with Gasteiger partial charge in [-0.25, -0.2) is 9.18 Å². The first kappa shape index (κ1) is 81.5. The number of ether oxygens (including phenoxy) is 5. The number of carboxylic acids is 1. The zero-order valence-electron chi connectivity index (χ0n) is 58.8. The zero-order chi connectivity index (χ0) is 73.1. The van der Waals surface area contributed by atoms with E-state index in [1.165, 1.54) is 52.8 Å². The maximum atomic E-state index is 15.7. The number of nitrogens with one attached hydrogen (secondary N) is 10. The summed E-state index contributed by atoms with van der Waals surface area (Å²) in [6.45, 7) is 31.0. The van der Waals surface area contributed by atoms with Gasteiger partial charge < -0.3 is 81.4 Å². The number of H-pyrrole nitrogens is 1. The molecule has 9 amide bonds. The van der Waals surface area contributed by atoms with Gasteiger partial charge in [-0.15, -0.1) is 10.2 Å². The lowest BCUT2D eigenvalue weighted by Gasteiger charge is -2.37. The molecule has 9 atom stereocenters. The molecule has 0 saturated heterocycles. The van der Waals surface area contributed by atoms with Crippen LogP contribution < -0.4 is 52.6 Å². The fourth-order valence-electron chi connectivity index (χ4n) is 9.19. The minimum absolute atomic E-state index is 0.0567. The maximum absolute atomic E-state index is 15.7. The van der Waals surface area contributed by atoms with E-state index in [1.807, 2.05) is 20.8 Å². The number of benzene rings is 2. The van der Waals surface area contributed by atoms with Gasteiger partial charge in [-0.1, -0.05) is 35.5 Å². The van der Waals surface area contributed by atoms with Gasteiger partial charge in [0.05, 0.1) is 54.6 Å². The molecule has 31 heteroatoms. The van der Waals surface area contributed by atoms with Crippen LogP contribution in [-0.4, -0.2) is 192 Å². The highest BCUT2D eigenvalue weighted by Gasteiger charge is 2.44. The van der Waals surface area contributed by atoms with Crippen LogP contribution in [-0.2, 0) is 86.2 Å². The summed E-state index contributed by atoms with van der Waals surface area (Å²) in [5.74, 6) is -9.66. The van der Waals surface area contributed by atoms with Gasteiger partial charge in [0.2, 0.25) is 47.3 Å². The summed E-state index contributed by atoms with van der Waals surface area (Å²) in [6.07, 6.45) is -5.02. The van der Waals surface area contributed by atoms with Crippen molar-refractivity contribution < 1.29 is 85.9 Å². The molecule has 2 aromatic carbocycles. The first-order chi connectivity index (χ1) is 44.0. The predicted octanol–water partition coefficient (Wildman–Crippen LogP) is 2.64. The zero-order valence-corrected chi connectivity index (χ0v) is 58.8. The summed E-state index contributed by atoms with van der Waals surface area (Å²) in [5, 5.41) is 45.8. The molecule has 0 spiro atoms. The van der Waals surface area contributed by atoms with Gasteiger partial charge in [-0.2, -0.15) is 5.21 Å². The van der Waals surface area contributed by atoms with E-state index in [0.29, 0.717) is 11.3 Å². The van der Waals surface area contributed by atoms with Crippen LogP contribution >= 0.6 is 0 Å². The van der Waals surface area contributed by atoms with Crippen LogP contribution in [0.15, 0.2) is 48.5 Å². The minimum atomic E-state index is -2.24. The number of rotatable bonds is 33. The Bertz CT molecular complexity index is 3170. The monoisotopic (exact) mass is 1350 g/mol. The summed E-state index contributed by atoms with van der Waals surface area (Å²) >= 11 is 0. The average molecular weight is 1350 g/mol. The number of carboxylic acid groups (broad SMARTS) is 1. The molecular formula is C65H100FN13O17. The van der Waals surface area contributed by atoms with Crippen LogP contribution in [0.25, 0.3) is 0 Å². The van der Waals surface area contributed by atoms with E-state index in [4.69, 9.17) is 23.7 Å². The molecule has 0 fully saturated rings. The molecule has 0 radical (unpaired) electrons. The molecule has 3 rings (SSSR count). The molecule has 0 aliphatic rings. The van der Waals surface area contributed by atoms with Crippen molar-refractivity contribution in [3.8, 4) is 5.75 Å². The van der Waals surface area contributed by atoms with E-state index in [1.54, 1.807) is 107 Å². The highest BCUT2D eigenvalue weighted by Crippen LogP contribution is 2.23. The second-order valence-electron chi connectivity index (χ2n) is 28.9. The fourth-order valence-corrected chi connectivity index (χ4v) is 9.19. The second-order valence-corrected chi connectivity index (χ2v) is 28.9. The molecule has 1 unspecified atom stereocenters. The Kier molecular flexibility index (Phi) is 29.1. The normalized spacial score (nSPS) is 15.3. The second kappa shape index (κ2) is 34.3. The Hall–Kier alpha value is -8.71. The topological polar surface area (TPSA) is 417 Å². The first-order valence-electron chi connectivity index (χ1n) is 31.3. The van der Waals surface area contributed by atoms with Crippen molar-refractivity contribution in [2.45, 2.75) is 252 Å². The molecule has 0 saturated carbocycles. The number of hydrogen-bond acceptors (Lipinski definition) is 19. The highest BCUT2D eigenvalue weighted by molar-refractivity contribution is 6.00. The summed E-state index contributed by atoms with van der Waals surface area (Å²) in [4.78, 5) is 152. The Balaban J connectivity index is 2.01. The summed E-state index contributed by atoms with van der Waals surface area (Å²) in [7, 11) is 0. The molecule has 1 heterocycles. The lowest BCUT2D eigenvalue weighted by Crippen LogP contribution is -2.67. The number of aliphatic carboxylic acids is 1. The molecule has 30 nitrogen and oxygen atoms in total. The summed E-state index contributed by atoms with van der Waals surface area (Å²) < 4.78 is 45.3. The Morgan fingerprint density at radius 2 is 1.17 bits per heavy atom. The van der Waals surface area contributed by atoms with Crippen LogP contribution in [0, 0.1) is 5.82 Å². The smallest absolute Gasteiger partial charge is 0.408 e. The quantitative estimate of drug-likeness (QED) is 0.0390. The van der Waals surface area contributed by atoms with Crippen LogP contribution in [0.4, 0.5) is 9.18 Å². The van der Waals surface area contributed by atoms with Crippen LogP contribution in [0.2, 0.25) is 0 Å². The number of carbonyl (C=O) groups is 11. The van der Waals surface area contributed by atoms with Gasteiger partial charge >= 0.3 is 12.1 Å². The number of alkyl carbamates (subject to hydrolysis) is 1. The lowest BCUT2D eigenvalue weighted by atomic mass is 9.90. The van der Waals surface area contributed by atoms with E-state index < -0.39 is 185 Å². The molecule has 1 aromatic heterocycles. The van der Waals surface area contributed by atoms with Gasteiger partial charge in [0.25, 0.3) is 0 Å². The highest BCUT2D eigenvalue weighted by atomic mass is 19.1. The van der Waals surface area contributed by atoms with Gasteiger partial charge in [0.1, 0.15) is 70.3 Å². The minimum Gasteiger partial charge on any atom is -0.488 e. The molecule has 534 valence electrons. The van der Waals surface area contributed by atoms with E-state index in [9.17, 15) is 53.1 Å². The number of carbonyl (C=O) groups excluding carboxylic acids is 10. The number of hydrogen-bond donors (Lipinski definition) is 11. The Morgan fingerprint density at radius 3 is 1.68 bits per heavy atom. The average Bonchev–Trinajstić information content (AvgIpc) is 0.859. The van der Waals surface area contributed by atoms with Crippen LogP contribution in [0.1, 0.15) is 162 Å². The third-order valence-electron chi connectivity index (χ3n) is 13.4. The van der Waals surface area contributed by atoms with Crippen molar-refractivity contribution >= 4 is 65.6 Å². The van der Waals surface area contributed by atoms with Crippen molar-refractivity contribution in [2.75, 3.05) is 13.2 Å². The van der Waals surface area contributed by atoms with Crippen molar-refractivity contribution in [3.05, 3.63) is 71.3 Å².